The highest BCUT2D eigenvalue weighted by Crippen LogP contribution is 2.38. The third-order valence-electron chi connectivity index (χ3n) is 6.43. The average Bonchev–Trinajstić information content (AvgIpc) is 3.34. The van der Waals surface area contributed by atoms with E-state index >= 15 is 0 Å². The lowest BCUT2D eigenvalue weighted by Crippen LogP contribution is -2.25. The molecule has 0 amide bonds. The number of aryl methyl sites for hydroxylation is 2. The van der Waals surface area contributed by atoms with E-state index < -0.39 is 23.0 Å². The zero-order valence-corrected chi connectivity index (χ0v) is 20.6. The Morgan fingerprint density at radius 3 is 2.37 bits per heavy atom. The van der Waals surface area contributed by atoms with Gasteiger partial charge in [0.2, 0.25) is 0 Å². The highest BCUT2D eigenvalue weighted by Gasteiger charge is 2.36. The normalized spacial score (nSPS) is 11.5. The van der Waals surface area contributed by atoms with E-state index in [0.717, 1.165) is 33.7 Å². The SMILES string of the molecule is [C-]#[N+]c1c(C(F)(F)F)cc(-c2ccc(Oc3ccc4[nH]ccc4c3)cc2)n(Cc2ccc(C)cc2C)c1=O. The maximum Gasteiger partial charge on any atom is 0.407 e. The van der Waals surface area contributed by atoms with Crippen molar-refractivity contribution in [3.05, 3.63) is 123 Å². The van der Waals surface area contributed by atoms with Gasteiger partial charge in [0.15, 0.2) is 0 Å². The van der Waals surface area contributed by atoms with Gasteiger partial charge in [-0.2, -0.15) is 13.2 Å². The molecule has 0 radical (unpaired) electrons. The van der Waals surface area contributed by atoms with Gasteiger partial charge in [-0.25, -0.2) is 4.85 Å². The molecule has 0 atom stereocenters. The van der Waals surface area contributed by atoms with Crippen molar-refractivity contribution >= 4 is 16.6 Å². The van der Waals surface area contributed by atoms with E-state index in [2.05, 4.69) is 9.83 Å². The van der Waals surface area contributed by atoms with Crippen LogP contribution in [-0.2, 0) is 12.7 Å². The number of hydrogen-bond acceptors (Lipinski definition) is 2. The molecule has 0 saturated carbocycles. The molecule has 0 spiro atoms. The Labute approximate surface area is 216 Å². The van der Waals surface area contributed by atoms with Crippen LogP contribution < -0.4 is 10.3 Å². The van der Waals surface area contributed by atoms with Gasteiger partial charge in [0.1, 0.15) is 11.5 Å². The number of rotatable bonds is 5. The molecular formula is C30H22F3N3O2. The number of ether oxygens (including phenoxy) is 1. The Kier molecular flexibility index (Phi) is 6.29. The monoisotopic (exact) mass is 513 g/mol. The largest absolute Gasteiger partial charge is 0.457 e. The first-order valence-electron chi connectivity index (χ1n) is 11.8. The highest BCUT2D eigenvalue weighted by atomic mass is 19.4. The van der Waals surface area contributed by atoms with Crippen molar-refractivity contribution < 1.29 is 17.9 Å². The number of pyridine rings is 1. The molecule has 5 aromatic rings. The number of fused-ring (bicyclic) bond motifs is 1. The number of hydrogen-bond donors (Lipinski definition) is 1. The van der Waals surface area contributed by atoms with Crippen LogP contribution in [0.25, 0.3) is 27.0 Å². The van der Waals surface area contributed by atoms with Gasteiger partial charge in [-0.1, -0.05) is 23.8 Å². The van der Waals surface area contributed by atoms with Crippen molar-refractivity contribution in [1.82, 2.24) is 9.55 Å². The van der Waals surface area contributed by atoms with Gasteiger partial charge in [0, 0.05) is 22.8 Å². The molecular weight excluding hydrogens is 491 g/mol. The lowest BCUT2D eigenvalue weighted by molar-refractivity contribution is -0.136. The first-order valence-corrected chi connectivity index (χ1v) is 11.8. The predicted octanol–water partition coefficient (Wildman–Crippen LogP) is 8.02. The minimum absolute atomic E-state index is 0.0237. The van der Waals surface area contributed by atoms with Crippen molar-refractivity contribution in [1.29, 1.82) is 0 Å². The second-order valence-electron chi connectivity index (χ2n) is 9.08. The lowest BCUT2D eigenvalue weighted by atomic mass is 10.0. The molecule has 0 unspecified atom stereocenters. The summed E-state index contributed by atoms with van der Waals surface area (Å²) < 4.78 is 48.7. The Morgan fingerprint density at radius 1 is 0.947 bits per heavy atom. The third kappa shape index (κ3) is 4.78. The van der Waals surface area contributed by atoms with Crippen molar-refractivity contribution in [3.63, 3.8) is 0 Å². The number of benzene rings is 3. The summed E-state index contributed by atoms with van der Waals surface area (Å²) in [7, 11) is 0. The molecule has 8 heteroatoms. The minimum Gasteiger partial charge on any atom is -0.457 e. The zero-order valence-electron chi connectivity index (χ0n) is 20.6. The molecule has 0 aliphatic heterocycles. The molecule has 0 aliphatic carbocycles. The molecule has 0 fully saturated rings. The van der Waals surface area contributed by atoms with Crippen LogP contribution in [0.3, 0.4) is 0 Å². The van der Waals surface area contributed by atoms with Crippen LogP contribution in [0.15, 0.2) is 83.8 Å². The molecule has 0 saturated heterocycles. The van der Waals surface area contributed by atoms with E-state index in [4.69, 9.17) is 11.3 Å². The minimum atomic E-state index is -4.85. The van der Waals surface area contributed by atoms with Crippen LogP contribution in [0.2, 0.25) is 0 Å². The van der Waals surface area contributed by atoms with Gasteiger partial charge in [0.05, 0.1) is 18.7 Å². The smallest absolute Gasteiger partial charge is 0.407 e. The summed E-state index contributed by atoms with van der Waals surface area (Å²) in [6.07, 6.45) is -3.03. The predicted molar refractivity (Wildman–Crippen MR) is 141 cm³/mol. The highest BCUT2D eigenvalue weighted by molar-refractivity contribution is 5.80. The van der Waals surface area contributed by atoms with Crippen molar-refractivity contribution in [3.8, 4) is 22.8 Å². The Hall–Kier alpha value is -4.77. The Bertz CT molecular complexity index is 1760. The third-order valence-corrected chi connectivity index (χ3v) is 6.43. The summed E-state index contributed by atoms with van der Waals surface area (Å²) >= 11 is 0. The number of nitrogens with one attached hydrogen (secondary N) is 1. The average molecular weight is 514 g/mol. The van der Waals surface area contributed by atoms with Crippen molar-refractivity contribution in [2.24, 2.45) is 0 Å². The maximum atomic E-state index is 13.9. The summed E-state index contributed by atoms with van der Waals surface area (Å²) in [5.41, 5.74) is 0.958. The molecule has 38 heavy (non-hydrogen) atoms. The molecule has 5 rings (SSSR count). The van der Waals surface area contributed by atoms with Gasteiger partial charge in [0.25, 0.3) is 11.2 Å². The van der Waals surface area contributed by atoms with Crippen molar-refractivity contribution in [2.75, 3.05) is 0 Å². The Morgan fingerprint density at radius 2 is 1.68 bits per heavy atom. The second kappa shape index (κ2) is 9.60. The topological polar surface area (TPSA) is 51.4 Å². The van der Waals surface area contributed by atoms with Gasteiger partial charge in [-0.3, -0.25) is 4.79 Å². The molecule has 1 N–H and O–H groups in total. The lowest BCUT2D eigenvalue weighted by Gasteiger charge is -2.19. The summed E-state index contributed by atoms with van der Waals surface area (Å²) in [5, 5.41) is 0.981. The first kappa shape index (κ1) is 24.9. The fraction of sp³-hybridized carbons (Fsp3) is 0.133. The van der Waals surface area contributed by atoms with E-state index in [0.29, 0.717) is 17.1 Å². The molecule has 2 heterocycles. The molecule has 190 valence electrons. The fourth-order valence-electron chi connectivity index (χ4n) is 4.47. The standard InChI is InChI=1S/C30H22F3N3O2/c1-18-4-5-22(19(2)14-18)17-36-27(16-25(30(31,32)33)28(34-3)29(36)37)20-6-8-23(9-7-20)38-24-10-11-26-21(15-24)12-13-35-26/h4-16,35H,17H2,1-2H3. The summed E-state index contributed by atoms with van der Waals surface area (Å²) in [5.74, 6) is 1.10. The van der Waals surface area contributed by atoms with Crippen LogP contribution in [-0.4, -0.2) is 9.55 Å². The molecule has 2 aromatic heterocycles. The number of alkyl halides is 3. The number of H-pyrrole nitrogens is 1. The summed E-state index contributed by atoms with van der Waals surface area (Å²) in [6.45, 7) is 11.1. The van der Waals surface area contributed by atoms with E-state index in [1.54, 1.807) is 24.3 Å². The number of aromatic nitrogens is 2. The van der Waals surface area contributed by atoms with E-state index in [9.17, 15) is 18.0 Å². The van der Waals surface area contributed by atoms with Crippen LogP contribution >= 0.6 is 0 Å². The number of nitrogens with zero attached hydrogens (tertiary/aromatic N) is 2. The van der Waals surface area contributed by atoms with Crippen LogP contribution in [0.1, 0.15) is 22.3 Å². The molecule has 0 bridgehead atoms. The van der Waals surface area contributed by atoms with Crippen LogP contribution in [0, 0.1) is 20.4 Å². The molecule has 3 aromatic carbocycles. The summed E-state index contributed by atoms with van der Waals surface area (Å²) in [4.78, 5) is 19.3. The van der Waals surface area contributed by atoms with E-state index in [1.165, 1.54) is 4.57 Å². The van der Waals surface area contributed by atoms with Crippen LogP contribution in [0.5, 0.6) is 11.5 Å². The van der Waals surface area contributed by atoms with Gasteiger partial charge in [-0.15, -0.1) is 0 Å². The van der Waals surface area contributed by atoms with Crippen LogP contribution in [0.4, 0.5) is 18.9 Å². The van der Waals surface area contributed by atoms with Gasteiger partial charge < -0.3 is 14.3 Å². The Balaban J connectivity index is 1.58. The van der Waals surface area contributed by atoms with Crippen molar-refractivity contribution in [2.45, 2.75) is 26.6 Å². The second-order valence-corrected chi connectivity index (χ2v) is 9.08. The van der Waals surface area contributed by atoms with Gasteiger partial charge >= 0.3 is 6.18 Å². The fourth-order valence-corrected chi connectivity index (χ4v) is 4.47. The van der Waals surface area contributed by atoms with E-state index in [-0.39, 0.29) is 12.2 Å². The first-order chi connectivity index (χ1) is 18.1. The van der Waals surface area contributed by atoms with E-state index in [1.807, 2.05) is 62.5 Å². The van der Waals surface area contributed by atoms with Gasteiger partial charge in [-0.05, 0) is 85.1 Å². The number of aromatic amines is 1. The zero-order chi connectivity index (χ0) is 27.0. The maximum absolute atomic E-state index is 13.9. The molecule has 0 aliphatic rings. The quantitative estimate of drug-likeness (QED) is 0.242. The number of halogens is 3. The molecule has 5 nitrogen and oxygen atoms in total. The summed E-state index contributed by atoms with van der Waals surface area (Å²) in [6, 6.07) is 20.5.